The van der Waals surface area contributed by atoms with E-state index in [0.717, 1.165) is 5.92 Å². The van der Waals surface area contributed by atoms with Crippen LogP contribution in [0.2, 0.25) is 0 Å². The van der Waals surface area contributed by atoms with E-state index in [4.69, 9.17) is 0 Å². The lowest BCUT2D eigenvalue weighted by atomic mass is 9.99. The van der Waals surface area contributed by atoms with Crippen LogP contribution in [0.15, 0.2) is 0 Å². The summed E-state index contributed by atoms with van der Waals surface area (Å²) < 4.78 is 0. The Balaban J connectivity index is 2.44. The standard InChI is InChI=1S/C7H15N/c1-6-4-7(2,3)8-5-6/h6,8H,4-5H2,1-3H3/t6-/m1/s1. The molecule has 48 valence electrons. The lowest BCUT2D eigenvalue weighted by molar-refractivity contribution is 0.448. The van der Waals surface area contributed by atoms with Crippen molar-refractivity contribution in [3.05, 3.63) is 0 Å². The van der Waals surface area contributed by atoms with Crippen molar-refractivity contribution < 1.29 is 0 Å². The normalized spacial score (nSPS) is 35.6. The first kappa shape index (κ1) is 6.09. The second-order valence-corrected chi connectivity index (χ2v) is 3.57. The van der Waals surface area contributed by atoms with Gasteiger partial charge in [-0.1, -0.05) is 6.92 Å². The zero-order valence-electron chi connectivity index (χ0n) is 5.99. The fraction of sp³-hybridized carbons (Fsp3) is 1.00. The fourth-order valence-corrected chi connectivity index (χ4v) is 1.47. The lowest BCUT2D eigenvalue weighted by Crippen LogP contribution is -2.31. The first-order valence-electron chi connectivity index (χ1n) is 3.35. The summed E-state index contributed by atoms with van der Waals surface area (Å²) in [6.07, 6.45) is 1.33. The Bertz CT molecular complexity index is 86.4. The molecule has 1 aliphatic heterocycles. The van der Waals surface area contributed by atoms with Crippen LogP contribution in [0.1, 0.15) is 27.2 Å². The van der Waals surface area contributed by atoms with Gasteiger partial charge >= 0.3 is 0 Å². The van der Waals surface area contributed by atoms with E-state index in [9.17, 15) is 0 Å². The van der Waals surface area contributed by atoms with Gasteiger partial charge in [-0.15, -0.1) is 0 Å². The summed E-state index contributed by atoms with van der Waals surface area (Å²) in [6, 6.07) is 0. The first-order chi connectivity index (χ1) is 3.60. The second-order valence-electron chi connectivity index (χ2n) is 3.57. The molecule has 0 aromatic heterocycles. The van der Waals surface area contributed by atoms with Gasteiger partial charge in [0.05, 0.1) is 0 Å². The molecule has 1 heterocycles. The van der Waals surface area contributed by atoms with E-state index in [1.54, 1.807) is 0 Å². The largest absolute Gasteiger partial charge is 0.312 e. The monoisotopic (exact) mass is 113 g/mol. The average molecular weight is 113 g/mol. The Morgan fingerprint density at radius 2 is 2.12 bits per heavy atom. The average Bonchev–Trinajstić information content (AvgIpc) is 1.82. The molecule has 0 aromatic carbocycles. The van der Waals surface area contributed by atoms with Gasteiger partial charge in [0.2, 0.25) is 0 Å². The minimum absolute atomic E-state index is 0.416. The molecule has 1 atom stereocenters. The van der Waals surface area contributed by atoms with Crippen molar-refractivity contribution in [1.82, 2.24) is 5.32 Å². The van der Waals surface area contributed by atoms with Gasteiger partial charge in [-0.2, -0.15) is 0 Å². The molecular formula is C7H15N. The molecule has 1 N–H and O–H groups in total. The summed E-state index contributed by atoms with van der Waals surface area (Å²) in [4.78, 5) is 0. The number of hydrogen-bond donors (Lipinski definition) is 1. The molecule has 0 saturated carbocycles. The van der Waals surface area contributed by atoms with E-state index < -0.39 is 0 Å². The van der Waals surface area contributed by atoms with Crippen LogP contribution in [0.25, 0.3) is 0 Å². The number of nitrogens with one attached hydrogen (secondary N) is 1. The van der Waals surface area contributed by atoms with Gasteiger partial charge < -0.3 is 5.32 Å². The Hall–Kier alpha value is -0.0400. The van der Waals surface area contributed by atoms with E-state index in [0.29, 0.717) is 5.54 Å². The van der Waals surface area contributed by atoms with Crippen molar-refractivity contribution in [1.29, 1.82) is 0 Å². The van der Waals surface area contributed by atoms with Crippen LogP contribution in [0.4, 0.5) is 0 Å². The maximum Gasteiger partial charge on any atom is 0.0128 e. The molecule has 0 radical (unpaired) electrons. The van der Waals surface area contributed by atoms with E-state index >= 15 is 0 Å². The minimum Gasteiger partial charge on any atom is -0.312 e. The third-order valence-corrected chi connectivity index (χ3v) is 1.79. The molecule has 0 spiro atoms. The second kappa shape index (κ2) is 1.73. The molecule has 8 heavy (non-hydrogen) atoms. The molecule has 1 aliphatic rings. The van der Waals surface area contributed by atoms with Crippen molar-refractivity contribution >= 4 is 0 Å². The van der Waals surface area contributed by atoms with E-state index in [1.165, 1.54) is 13.0 Å². The molecule has 0 unspecified atom stereocenters. The molecule has 0 aliphatic carbocycles. The smallest absolute Gasteiger partial charge is 0.0128 e. The van der Waals surface area contributed by atoms with Gasteiger partial charge in [0.25, 0.3) is 0 Å². The minimum atomic E-state index is 0.416. The van der Waals surface area contributed by atoms with Crippen LogP contribution in [-0.2, 0) is 0 Å². The highest BCUT2D eigenvalue weighted by Crippen LogP contribution is 2.21. The molecule has 0 aromatic rings. The van der Waals surface area contributed by atoms with Crippen molar-refractivity contribution in [2.24, 2.45) is 5.92 Å². The number of rotatable bonds is 0. The SMILES string of the molecule is C[C@H]1CNC(C)(C)C1. The summed E-state index contributed by atoms with van der Waals surface area (Å²) in [6.45, 7) is 8.02. The molecule has 1 rings (SSSR count). The lowest BCUT2D eigenvalue weighted by Gasteiger charge is -2.16. The van der Waals surface area contributed by atoms with Crippen molar-refractivity contribution in [3.8, 4) is 0 Å². The maximum atomic E-state index is 3.45. The summed E-state index contributed by atoms with van der Waals surface area (Å²) in [5.74, 6) is 0.880. The van der Waals surface area contributed by atoms with Gasteiger partial charge in [-0.25, -0.2) is 0 Å². The highest BCUT2D eigenvalue weighted by atomic mass is 15.0. The Morgan fingerprint density at radius 3 is 2.25 bits per heavy atom. The first-order valence-corrected chi connectivity index (χ1v) is 3.35. The Morgan fingerprint density at radius 1 is 1.50 bits per heavy atom. The molecule has 0 bridgehead atoms. The van der Waals surface area contributed by atoms with Crippen molar-refractivity contribution in [3.63, 3.8) is 0 Å². The summed E-state index contributed by atoms with van der Waals surface area (Å²) in [5, 5.41) is 3.45. The zero-order valence-corrected chi connectivity index (χ0v) is 5.99. The number of hydrogen-bond acceptors (Lipinski definition) is 1. The van der Waals surface area contributed by atoms with Gasteiger partial charge in [-0.05, 0) is 32.7 Å². The van der Waals surface area contributed by atoms with Gasteiger partial charge in [0.1, 0.15) is 0 Å². The fourth-order valence-electron chi connectivity index (χ4n) is 1.47. The van der Waals surface area contributed by atoms with Crippen LogP contribution in [-0.4, -0.2) is 12.1 Å². The van der Waals surface area contributed by atoms with E-state index in [1.807, 2.05) is 0 Å². The Labute approximate surface area is 51.5 Å². The van der Waals surface area contributed by atoms with Crippen molar-refractivity contribution in [2.75, 3.05) is 6.54 Å². The molecule has 1 nitrogen and oxygen atoms in total. The quantitative estimate of drug-likeness (QED) is 0.500. The van der Waals surface area contributed by atoms with E-state index in [-0.39, 0.29) is 0 Å². The molecular weight excluding hydrogens is 98.1 g/mol. The highest BCUT2D eigenvalue weighted by molar-refractivity contribution is 4.86. The van der Waals surface area contributed by atoms with Gasteiger partial charge in [0.15, 0.2) is 0 Å². The van der Waals surface area contributed by atoms with Crippen LogP contribution in [0, 0.1) is 5.92 Å². The zero-order chi connectivity index (χ0) is 6.20. The van der Waals surface area contributed by atoms with Crippen LogP contribution >= 0.6 is 0 Å². The van der Waals surface area contributed by atoms with Crippen molar-refractivity contribution in [2.45, 2.75) is 32.7 Å². The van der Waals surface area contributed by atoms with Gasteiger partial charge in [0, 0.05) is 5.54 Å². The highest BCUT2D eigenvalue weighted by Gasteiger charge is 2.26. The topological polar surface area (TPSA) is 12.0 Å². The molecule has 1 fully saturated rings. The Kier molecular flexibility index (Phi) is 1.31. The summed E-state index contributed by atoms with van der Waals surface area (Å²) in [5.41, 5.74) is 0.416. The van der Waals surface area contributed by atoms with Crippen LogP contribution in [0.3, 0.4) is 0 Å². The third-order valence-electron chi connectivity index (χ3n) is 1.79. The van der Waals surface area contributed by atoms with E-state index in [2.05, 4.69) is 26.1 Å². The van der Waals surface area contributed by atoms with Gasteiger partial charge in [-0.3, -0.25) is 0 Å². The third kappa shape index (κ3) is 1.22. The molecule has 1 heteroatoms. The predicted octanol–water partition coefficient (Wildman–Crippen LogP) is 1.39. The summed E-state index contributed by atoms with van der Waals surface area (Å²) >= 11 is 0. The molecule has 1 saturated heterocycles. The predicted molar refractivity (Wildman–Crippen MR) is 35.9 cm³/mol. The van der Waals surface area contributed by atoms with Crippen LogP contribution in [0.5, 0.6) is 0 Å². The molecule has 0 amide bonds. The maximum absolute atomic E-state index is 3.45. The summed E-state index contributed by atoms with van der Waals surface area (Å²) in [7, 11) is 0. The van der Waals surface area contributed by atoms with Crippen LogP contribution < -0.4 is 5.32 Å².